The van der Waals surface area contributed by atoms with Crippen LogP contribution in [-0.4, -0.2) is 30.6 Å². The van der Waals surface area contributed by atoms with Crippen molar-refractivity contribution in [2.75, 3.05) is 6.61 Å². The van der Waals surface area contributed by atoms with Crippen LogP contribution in [0.2, 0.25) is 0 Å². The molecule has 5 heteroatoms. The maximum atomic E-state index is 12.0. The van der Waals surface area contributed by atoms with Gasteiger partial charge in [0, 0.05) is 6.42 Å². The van der Waals surface area contributed by atoms with Crippen LogP contribution in [0.25, 0.3) is 0 Å². The largest absolute Gasteiger partial charge is 0.464 e. The van der Waals surface area contributed by atoms with Crippen molar-refractivity contribution < 1.29 is 14.3 Å². The molecular weight excluding hydrogens is 268 g/mol. The van der Waals surface area contributed by atoms with Gasteiger partial charge in [-0.2, -0.15) is 0 Å². The third kappa shape index (κ3) is 5.55. The summed E-state index contributed by atoms with van der Waals surface area (Å²) in [6, 6.07) is 8.12. The molecule has 0 spiro atoms. The average molecular weight is 292 g/mol. The first-order chi connectivity index (χ1) is 9.95. The highest BCUT2D eigenvalue weighted by Gasteiger charge is 2.26. The summed E-state index contributed by atoms with van der Waals surface area (Å²) in [5, 5.41) is 2.69. The Balaban J connectivity index is 2.78. The Bertz CT molecular complexity index is 460. The molecule has 0 fully saturated rings. The average Bonchev–Trinajstić information content (AvgIpc) is 2.46. The zero-order chi connectivity index (χ0) is 15.8. The Labute approximate surface area is 125 Å². The predicted molar refractivity (Wildman–Crippen MR) is 81.5 cm³/mol. The van der Waals surface area contributed by atoms with Gasteiger partial charge in [-0.05, 0) is 18.4 Å². The zero-order valence-electron chi connectivity index (χ0n) is 12.8. The highest BCUT2D eigenvalue weighted by molar-refractivity contribution is 5.87. The van der Waals surface area contributed by atoms with Crippen LogP contribution in [-0.2, 0) is 20.7 Å². The fourth-order valence-corrected chi connectivity index (χ4v) is 1.86. The standard InChI is InChI=1S/C16H24N2O3/c1-4-21-16(20)13(10-12-8-6-5-7-9-12)18-15(19)14(17)11(2)3/h5-9,11,13-14H,4,10,17H2,1-3H3,(H,18,19)/t13?,14-/m0/s1. The molecule has 0 saturated heterocycles. The van der Waals surface area contributed by atoms with Crippen LogP contribution in [0.15, 0.2) is 30.3 Å². The van der Waals surface area contributed by atoms with Gasteiger partial charge in [0.05, 0.1) is 12.6 Å². The summed E-state index contributed by atoms with van der Waals surface area (Å²) >= 11 is 0. The van der Waals surface area contributed by atoms with Crippen molar-refractivity contribution >= 4 is 11.9 Å². The molecule has 0 aliphatic heterocycles. The minimum atomic E-state index is -0.718. The first-order valence-electron chi connectivity index (χ1n) is 7.22. The SMILES string of the molecule is CCOC(=O)C(Cc1ccccc1)NC(=O)[C@@H](N)C(C)C. The van der Waals surface area contributed by atoms with Gasteiger partial charge in [0.25, 0.3) is 0 Å². The maximum absolute atomic E-state index is 12.0. The topological polar surface area (TPSA) is 81.4 Å². The third-order valence-electron chi connectivity index (χ3n) is 3.19. The number of benzene rings is 1. The lowest BCUT2D eigenvalue weighted by Crippen LogP contribution is -2.51. The zero-order valence-corrected chi connectivity index (χ0v) is 12.8. The fraction of sp³-hybridized carbons (Fsp3) is 0.500. The summed E-state index contributed by atoms with van der Waals surface area (Å²) in [6.07, 6.45) is 0.385. The quantitative estimate of drug-likeness (QED) is 0.741. The molecule has 0 radical (unpaired) electrons. The van der Waals surface area contributed by atoms with E-state index in [9.17, 15) is 9.59 Å². The molecule has 2 atom stereocenters. The molecule has 1 rings (SSSR count). The maximum Gasteiger partial charge on any atom is 0.328 e. The summed E-state index contributed by atoms with van der Waals surface area (Å²) in [5.41, 5.74) is 6.76. The van der Waals surface area contributed by atoms with Gasteiger partial charge in [-0.1, -0.05) is 44.2 Å². The van der Waals surface area contributed by atoms with Crippen LogP contribution < -0.4 is 11.1 Å². The monoisotopic (exact) mass is 292 g/mol. The summed E-state index contributed by atoms with van der Waals surface area (Å²) in [6.45, 7) is 5.73. The summed E-state index contributed by atoms with van der Waals surface area (Å²) in [5.74, 6) is -0.769. The van der Waals surface area contributed by atoms with E-state index in [1.165, 1.54) is 0 Å². The van der Waals surface area contributed by atoms with Crippen LogP contribution in [0.5, 0.6) is 0 Å². The van der Waals surface area contributed by atoms with Crippen molar-refractivity contribution in [3.8, 4) is 0 Å². The smallest absolute Gasteiger partial charge is 0.328 e. The number of hydrogen-bond donors (Lipinski definition) is 2. The molecule has 1 aromatic rings. The van der Waals surface area contributed by atoms with Crippen LogP contribution >= 0.6 is 0 Å². The normalized spacial score (nSPS) is 13.6. The molecule has 1 unspecified atom stereocenters. The van der Waals surface area contributed by atoms with Crippen LogP contribution in [0.1, 0.15) is 26.3 Å². The van der Waals surface area contributed by atoms with Gasteiger partial charge < -0.3 is 15.8 Å². The van der Waals surface area contributed by atoms with Gasteiger partial charge in [0.15, 0.2) is 0 Å². The molecule has 0 aliphatic carbocycles. The second-order valence-electron chi connectivity index (χ2n) is 5.27. The minimum Gasteiger partial charge on any atom is -0.464 e. The van der Waals surface area contributed by atoms with Crippen LogP contribution in [0.4, 0.5) is 0 Å². The van der Waals surface area contributed by atoms with Gasteiger partial charge in [-0.3, -0.25) is 4.79 Å². The Morgan fingerprint density at radius 3 is 2.38 bits per heavy atom. The number of rotatable bonds is 7. The number of ether oxygens (including phenoxy) is 1. The second kappa shape index (κ2) is 8.42. The molecule has 21 heavy (non-hydrogen) atoms. The van der Waals surface area contributed by atoms with Crippen molar-refractivity contribution in [3.05, 3.63) is 35.9 Å². The van der Waals surface area contributed by atoms with Crippen LogP contribution in [0.3, 0.4) is 0 Å². The molecule has 5 nitrogen and oxygen atoms in total. The Morgan fingerprint density at radius 1 is 1.24 bits per heavy atom. The molecule has 0 heterocycles. The van der Waals surface area contributed by atoms with Crippen molar-refractivity contribution in [1.82, 2.24) is 5.32 Å². The highest BCUT2D eigenvalue weighted by Crippen LogP contribution is 2.06. The minimum absolute atomic E-state index is 0.00423. The first kappa shape index (κ1) is 17.2. The number of nitrogens with two attached hydrogens (primary N) is 1. The first-order valence-corrected chi connectivity index (χ1v) is 7.22. The lowest BCUT2D eigenvalue weighted by Gasteiger charge is -2.21. The number of esters is 1. The number of amides is 1. The summed E-state index contributed by atoms with van der Waals surface area (Å²) in [4.78, 5) is 24.0. The van der Waals surface area contributed by atoms with Crippen molar-refractivity contribution in [3.63, 3.8) is 0 Å². The molecule has 1 aromatic carbocycles. The fourth-order valence-electron chi connectivity index (χ4n) is 1.86. The molecule has 3 N–H and O–H groups in total. The van der Waals surface area contributed by atoms with E-state index in [1.807, 2.05) is 44.2 Å². The molecule has 0 saturated carbocycles. The van der Waals surface area contributed by atoms with E-state index in [2.05, 4.69) is 5.32 Å². The summed E-state index contributed by atoms with van der Waals surface area (Å²) in [7, 11) is 0. The number of nitrogens with one attached hydrogen (secondary N) is 1. The lowest BCUT2D eigenvalue weighted by molar-refractivity contribution is -0.147. The van der Waals surface area contributed by atoms with Crippen molar-refractivity contribution in [2.45, 2.75) is 39.3 Å². The van der Waals surface area contributed by atoms with E-state index in [0.29, 0.717) is 6.42 Å². The molecule has 116 valence electrons. The van der Waals surface area contributed by atoms with Gasteiger partial charge in [-0.25, -0.2) is 4.79 Å². The third-order valence-corrected chi connectivity index (χ3v) is 3.19. The van der Waals surface area contributed by atoms with Crippen molar-refractivity contribution in [2.24, 2.45) is 11.7 Å². The van der Waals surface area contributed by atoms with Gasteiger partial charge in [0.2, 0.25) is 5.91 Å². The van der Waals surface area contributed by atoms with E-state index < -0.39 is 18.1 Å². The highest BCUT2D eigenvalue weighted by atomic mass is 16.5. The van der Waals surface area contributed by atoms with E-state index in [4.69, 9.17) is 10.5 Å². The summed E-state index contributed by atoms with van der Waals surface area (Å²) < 4.78 is 5.02. The molecule has 0 bridgehead atoms. The van der Waals surface area contributed by atoms with E-state index in [-0.39, 0.29) is 18.4 Å². The Hall–Kier alpha value is -1.88. The number of carbonyl (C=O) groups is 2. The number of hydrogen-bond acceptors (Lipinski definition) is 4. The Morgan fingerprint density at radius 2 is 1.86 bits per heavy atom. The van der Waals surface area contributed by atoms with Crippen LogP contribution in [0, 0.1) is 5.92 Å². The molecule has 0 aliphatic rings. The number of carbonyl (C=O) groups excluding carboxylic acids is 2. The predicted octanol–water partition coefficient (Wildman–Crippen LogP) is 1.26. The van der Waals surface area contributed by atoms with Gasteiger partial charge in [0.1, 0.15) is 6.04 Å². The lowest BCUT2D eigenvalue weighted by atomic mass is 10.0. The van der Waals surface area contributed by atoms with E-state index in [1.54, 1.807) is 6.92 Å². The Kier molecular flexibility index (Phi) is 6.88. The molecular formula is C16H24N2O3. The van der Waals surface area contributed by atoms with Gasteiger partial charge in [-0.15, -0.1) is 0 Å². The van der Waals surface area contributed by atoms with Gasteiger partial charge >= 0.3 is 5.97 Å². The van der Waals surface area contributed by atoms with E-state index in [0.717, 1.165) is 5.56 Å². The van der Waals surface area contributed by atoms with Crippen molar-refractivity contribution in [1.29, 1.82) is 0 Å². The molecule has 1 amide bonds. The second-order valence-corrected chi connectivity index (χ2v) is 5.27. The molecule has 0 aromatic heterocycles. The van der Waals surface area contributed by atoms with E-state index >= 15 is 0 Å².